The summed E-state index contributed by atoms with van der Waals surface area (Å²) in [6, 6.07) is 2.20. The first kappa shape index (κ1) is 10.4. The Labute approximate surface area is 80.0 Å². The molecule has 1 rings (SSSR count). The van der Waals surface area contributed by atoms with Crippen LogP contribution in [0.1, 0.15) is 19.4 Å². The molecular formula is C9H9ClF2O. The molecular weight excluding hydrogens is 198 g/mol. The van der Waals surface area contributed by atoms with Gasteiger partial charge in [0.1, 0.15) is 0 Å². The third-order valence-electron chi connectivity index (χ3n) is 1.69. The Bertz CT molecular complexity index is 331. The Morgan fingerprint density at radius 3 is 2.31 bits per heavy atom. The minimum absolute atomic E-state index is 0.174. The van der Waals surface area contributed by atoms with Gasteiger partial charge in [-0.3, -0.25) is 0 Å². The fraction of sp³-hybridized carbons (Fsp3) is 0.333. The Morgan fingerprint density at radius 1 is 1.31 bits per heavy atom. The highest BCUT2D eigenvalue weighted by molar-refractivity contribution is 6.31. The molecule has 0 fully saturated rings. The van der Waals surface area contributed by atoms with Gasteiger partial charge in [0.05, 0.1) is 10.6 Å². The van der Waals surface area contributed by atoms with Crippen LogP contribution >= 0.6 is 11.6 Å². The Balaban J connectivity index is 3.35. The first-order valence-electron chi connectivity index (χ1n) is 3.70. The van der Waals surface area contributed by atoms with Crippen molar-refractivity contribution in [3.05, 3.63) is 34.4 Å². The van der Waals surface area contributed by atoms with E-state index in [0.29, 0.717) is 0 Å². The van der Waals surface area contributed by atoms with Gasteiger partial charge in [-0.05, 0) is 19.9 Å². The molecule has 0 atom stereocenters. The van der Waals surface area contributed by atoms with Crippen LogP contribution in [0.2, 0.25) is 5.02 Å². The van der Waals surface area contributed by atoms with E-state index in [-0.39, 0.29) is 10.6 Å². The van der Waals surface area contributed by atoms with E-state index >= 15 is 0 Å². The molecule has 1 nitrogen and oxygen atoms in total. The lowest BCUT2D eigenvalue weighted by Gasteiger charge is -2.19. The Hall–Kier alpha value is -0.670. The van der Waals surface area contributed by atoms with Crippen molar-refractivity contribution in [1.82, 2.24) is 0 Å². The van der Waals surface area contributed by atoms with E-state index in [1.807, 2.05) is 0 Å². The van der Waals surface area contributed by atoms with Gasteiger partial charge in [0.15, 0.2) is 11.6 Å². The molecule has 0 aliphatic carbocycles. The average molecular weight is 207 g/mol. The van der Waals surface area contributed by atoms with Gasteiger partial charge in [-0.2, -0.15) is 0 Å². The van der Waals surface area contributed by atoms with Crippen LogP contribution in [0, 0.1) is 11.6 Å². The molecule has 0 spiro atoms. The second-order valence-corrected chi connectivity index (χ2v) is 3.66. The van der Waals surface area contributed by atoms with Gasteiger partial charge in [0, 0.05) is 5.56 Å². The van der Waals surface area contributed by atoms with Crippen LogP contribution in [0.5, 0.6) is 0 Å². The van der Waals surface area contributed by atoms with Gasteiger partial charge < -0.3 is 5.11 Å². The van der Waals surface area contributed by atoms with E-state index in [2.05, 4.69) is 0 Å². The van der Waals surface area contributed by atoms with E-state index in [1.165, 1.54) is 19.9 Å². The largest absolute Gasteiger partial charge is 0.386 e. The van der Waals surface area contributed by atoms with Crippen LogP contribution in [0.25, 0.3) is 0 Å². The fourth-order valence-corrected chi connectivity index (χ4v) is 1.38. The van der Waals surface area contributed by atoms with E-state index in [9.17, 15) is 13.9 Å². The van der Waals surface area contributed by atoms with Crippen LogP contribution in [0.4, 0.5) is 8.78 Å². The molecule has 0 saturated carbocycles. The number of benzene rings is 1. The van der Waals surface area contributed by atoms with Crippen LogP contribution < -0.4 is 0 Å². The topological polar surface area (TPSA) is 20.2 Å². The van der Waals surface area contributed by atoms with Crippen LogP contribution in [-0.2, 0) is 5.60 Å². The molecule has 0 unspecified atom stereocenters. The highest BCUT2D eigenvalue weighted by Crippen LogP contribution is 2.30. The third-order valence-corrected chi connectivity index (χ3v) is 2.06. The summed E-state index contributed by atoms with van der Waals surface area (Å²) in [7, 11) is 0. The number of halogens is 3. The lowest BCUT2D eigenvalue weighted by Crippen LogP contribution is -2.16. The van der Waals surface area contributed by atoms with Gasteiger partial charge in [0.25, 0.3) is 0 Å². The molecule has 0 aliphatic rings. The summed E-state index contributed by atoms with van der Waals surface area (Å²) in [6.07, 6.45) is 0. The van der Waals surface area contributed by atoms with Gasteiger partial charge in [-0.1, -0.05) is 17.7 Å². The predicted molar refractivity (Wildman–Crippen MR) is 46.6 cm³/mol. The maximum absolute atomic E-state index is 12.9. The molecule has 0 amide bonds. The number of hydrogen-bond donors (Lipinski definition) is 1. The van der Waals surface area contributed by atoms with E-state index in [0.717, 1.165) is 6.07 Å². The highest BCUT2D eigenvalue weighted by atomic mass is 35.5. The van der Waals surface area contributed by atoms with Crippen LogP contribution in [-0.4, -0.2) is 5.11 Å². The molecule has 1 N–H and O–H groups in total. The van der Waals surface area contributed by atoms with E-state index in [1.54, 1.807) is 0 Å². The van der Waals surface area contributed by atoms with Crippen molar-refractivity contribution >= 4 is 11.6 Å². The van der Waals surface area contributed by atoms with E-state index in [4.69, 9.17) is 11.6 Å². The van der Waals surface area contributed by atoms with E-state index < -0.39 is 17.2 Å². The molecule has 0 radical (unpaired) electrons. The molecule has 0 bridgehead atoms. The maximum Gasteiger partial charge on any atom is 0.177 e. The van der Waals surface area contributed by atoms with Crippen molar-refractivity contribution in [1.29, 1.82) is 0 Å². The quantitative estimate of drug-likeness (QED) is 0.701. The van der Waals surface area contributed by atoms with Crippen molar-refractivity contribution in [2.24, 2.45) is 0 Å². The summed E-state index contributed by atoms with van der Waals surface area (Å²) in [5, 5.41) is 9.14. The number of rotatable bonds is 1. The second-order valence-electron chi connectivity index (χ2n) is 3.28. The fourth-order valence-electron chi connectivity index (χ4n) is 0.998. The van der Waals surface area contributed by atoms with Crippen molar-refractivity contribution in [2.75, 3.05) is 0 Å². The van der Waals surface area contributed by atoms with Crippen molar-refractivity contribution in [2.45, 2.75) is 19.4 Å². The highest BCUT2D eigenvalue weighted by Gasteiger charge is 2.22. The summed E-state index contributed by atoms with van der Waals surface area (Å²) >= 11 is 5.51. The zero-order valence-corrected chi connectivity index (χ0v) is 7.99. The van der Waals surface area contributed by atoms with Gasteiger partial charge >= 0.3 is 0 Å². The molecule has 0 aliphatic heterocycles. The first-order chi connectivity index (χ1) is 5.84. The minimum Gasteiger partial charge on any atom is -0.386 e. The molecule has 13 heavy (non-hydrogen) atoms. The maximum atomic E-state index is 12.9. The van der Waals surface area contributed by atoms with Crippen molar-refractivity contribution < 1.29 is 13.9 Å². The summed E-state index contributed by atoms with van der Waals surface area (Å²) < 4.78 is 25.5. The Kier molecular flexibility index (Phi) is 2.59. The first-order valence-corrected chi connectivity index (χ1v) is 4.08. The molecule has 1 aromatic carbocycles. The smallest absolute Gasteiger partial charge is 0.177 e. The van der Waals surface area contributed by atoms with Crippen LogP contribution in [0.3, 0.4) is 0 Å². The number of aliphatic hydroxyl groups is 1. The standard InChI is InChI=1S/C9H9ClF2O/c1-9(2,13)5-3-4-6(11)8(12)7(5)10/h3-4,13H,1-2H3. The summed E-state index contributed by atoms with van der Waals surface area (Å²) in [5.74, 6) is -2.14. The molecule has 0 aromatic heterocycles. The predicted octanol–water partition coefficient (Wildman–Crippen LogP) is 2.85. The van der Waals surface area contributed by atoms with Gasteiger partial charge in [0.2, 0.25) is 0 Å². The summed E-state index contributed by atoms with van der Waals surface area (Å²) in [6.45, 7) is 2.90. The van der Waals surface area contributed by atoms with Crippen LogP contribution in [0.15, 0.2) is 12.1 Å². The van der Waals surface area contributed by atoms with Crippen molar-refractivity contribution in [3.63, 3.8) is 0 Å². The summed E-state index contributed by atoms with van der Waals surface area (Å²) in [5.41, 5.74) is -1.10. The zero-order chi connectivity index (χ0) is 10.2. The lowest BCUT2D eigenvalue weighted by molar-refractivity contribution is 0.0782. The third kappa shape index (κ3) is 1.98. The molecule has 72 valence electrons. The number of hydrogen-bond acceptors (Lipinski definition) is 1. The zero-order valence-electron chi connectivity index (χ0n) is 7.24. The van der Waals surface area contributed by atoms with Gasteiger partial charge in [-0.15, -0.1) is 0 Å². The normalized spacial score (nSPS) is 11.8. The molecule has 0 heterocycles. The van der Waals surface area contributed by atoms with Gasteiger partial charge in [-0.25, -0.2) is 8.78 Å². The molecule has 4 heteroatoms. The Morgan fingerprint density at radius 2 is 1.85 bits per heavy atom. The minimum atomic E-state index is -1.27. The average Bonchev–Trinajstić information content (AvgIpc) is 1.98. The monoisotopic (exact) mass is 206 g/mol. The van der Waals surface area contributed by atoms with Crippen molar-refractivity contribution in [3.8, 4) is 0 Å². The SMILES string of the molecule is CC(C)(O)c1ccc(F)c(F)c1Cl. The second kappa shape index (κ2) is 3.24. The molecule has 1 aromatic rings. The summed E-state index contributed by atoms with van der Waals surface area (Å²) in [4.78, 5) is 0. The molecule has 0 saturated heterocycles. The lowest BCUT2D eigenvalue weighted by atomic mass is 9.98.